The van der Waals surface area contributed by atoms with Crippen molar-refractivity contribution in [1.29, 1.82) is 0 Å². The van der Waals surface area contributed by atoms with Crippen LogP contribution < -0.4 is 36.7 Å². The Labute approximate surface area is 240 Å². The van der Waals surface area contributed by atoms with Crippen LogP contribution in [0.2, 0.25) is 0 Å². The molecule has 0 aliphatic carbocycles. The Hall–Kier alpha value is -4.09. The van der Waals surface area contributed by atoms with Crippen molar-refractivity contribution in [2.24, 2.45) is 4.99 Å². The first-order valence-electron chi connectivity index (χ1n) is 11.6. The Kier molecular flexibility index (Phi) is 10.3. The summed E-state index contributed by atoms with van der Waals surface area (Å²) in [6.07, 6.45) is 1.24. The molecule has 0 unspecified atom stereocenters. The van der Waals surface area contributed by atoms with Crippen LogP contribution in [-0.4, -0.2) is 43.8 Å². The summed E-state index contributed by atoms with van der Waals surface area (Å²) in [5.41, 5.74) is 2.04. The van der Waals surface area contributed by atoms with E-state index >= 15 is 0 Å². The smallest absolute Gasteiger partial charge is 0.338 e. The molecule has 1 N–H and O–H groups in total. The van der Waals surface area contributed by atoms with Gasteiger partial charge in [-0.3, -0.25) is 14.5 Å². The molecule has 1 heterocycles. The van der Waals surface area contributed by atoms with Gasteiger partial charge in [0, 0.05) is 11.8 Å². The normalized spacial score (nSPS) is 14.6. The van der Waals surface area contributed by atoms with Gasteiger partial charge >= 0.3 is 5.97 Å². The maximum Gasteiger partial charge on any atom is 0.338 e. The molecule has 1 saturated heterocycles. The Morgan fingerprint density at radius 2 is 1.51 bits per heavy atom. The van der Waals surface area contributed by atoms with Gasteiger partial charge in [0.25, 0.3) is 5.91 Å². The first kappa shape index (κ1) is 29.5. The zero-order valence-electron chi connectivity index (χ0n) is 21.3. The minimum absolute atomic E-state index is 0. The number of esters is 1. The van der Waals surface area contributed by atoms with E-state index in [1.807, 2.05) is 0 Å². The van der Waals surface area contributed by atoms with Crippen molar-refractivity contribution < 1.29 is 45.6 Å². The number of amidine groups is 1. The molecule has 3 aromatic rings. The van der Waals surface area contributed by atoms with Crippen molar-refractivity contribution in [2.45, 2.75) is 6.92 Å². The van der Waals surface area contributed by atoms with Gasteiger partial charge in [-0.25, -0.2) is 9.79 Å². The number of carbonyl (C=O) groups is 3. The lowest BCUT2D eigenvalue weighted by atomic mass is 10.2. The number of amides is 2. The summed E-state index contributed by atoms with van der Waals surface area (Å²) in [6, 6.07) is 20.4. The van der Waals surface area contributed by atoms with E-state index in [4.69, 9.17) is 14.2 Å². The summed E-state index contributed by atoms with van der Waals surface area (Å²) in [7, 11) is 3.14. The fourth-order valence-electron chi connectivity index (χ4n) is 3.48. The molecule has 9 nitrogen and oxygen atoms in total. The third-order valence-electron chi connectivity index (χ3n) is 5.36. The maximum atomic E-state index is 13.4. The van der Waals surface area contributed by atoms with E-state index in [-0.39, 0.29) is 34.4 Å². The number of nitrogens with zero attached hydrogens (tertiary/aromatic N) is 2. The van der Waals surface area contributed by atoms with Gasteiger partial charge < -0.3 is 36.5 Å². The number of carbonyl (C=O) groups excluding carboxylic acids is 3. The summed E-state index contributed by atoms with van der Waals surface area (Å²) in [5.74, 6) is 0.00237. The molecule has 1 fully saturated rings. The van der Waals surface area contributed by atoms with Crippen LogP contribution in [-0.2, 0) is 14.3 Å². The average Bonchev–Trinajstić information content (AvgIpc) is 3.23. The van der Waals surface area contributed by atoms with Crippen molar-refractivity contribution in [1.82, 2.24) is 0 Å². The van der Waals surface area contributed by atoms with Crippen molar-refractivity contribution in [2.75, 3.05) is 31.0 Å². The topological polar surface area (TPSA) is 107 Å². The Morgan fingerprint density at radius 3 is 2.08 bits per heavy atom. The van der Waals surface area contributed by atoms with Crippen molar-refractivity contribution >= 4 is 51.8 Å². The average molecular weight is 611 g/mol. The van der Waals surface area contributed by atoms with Gasteiger partial charge in [0.05, 0.1) is 42.7 Å². The number of hydrogen-bond donors (Lipinski definition) is 1. The highest BCUT2D eigenvalue weighted by Crippen LogP contribution is 2.37. The number of methoxy groups -OCH3 is 2. The molecule has 0 aromatic heterocycles. The molecule has 1 aliphatic rings. The van der Waals surface area contributed by atoms with Crippen molar-refractivity contribution in [3.8, 4) is 11.5 Å². The second kappa shape index (κ2) is 13.6. The summed E-state index contributed by atoms with van der Waals surface area (Å²) in [4.78, 5) is 44.3. The summed E-state index contributed by atoms with van der Waals surface area (Å²) >= 11 is 1.09. The van der Waals surface area contributed by atoms with Gasteiger partial charge in [0.2, 0.25) is 5.91 Å². The first-order valence-corrected chi connectivity index (χ1v) is 12.4. The standard InChI is InChI=1S/C28H25N3O6S.BrH/c1-4-37-27(34)18-5-7-19(8-6-18)29-25(32)17-24-26(33)31(21-11-15-23(36-3)16-12-21)28(38-24)30-20-9-13-22(35-2)14-10-20;/h5-17H,4H2,1-3H3,(H,29,32);1H/p-1/b24-17-,30-28?;. The van der Waals surface area contributed by atoms with Crippen LogP contribution in [0.5, 0.6) is 11.5 Å². The largest absolute Gasteiger partial charge is 1.00 e. The number of thioether (sulfide) groups is 1. The Morgan fingerprint density at radius 1 is 0.923 bits per heavy atom. The first-order chi connectivity index (χ1) is 18.4. The van der Waals surface area contributed by atoms with E-state index in [1.54, 1.807) is 93.9 Å². The molecule has 0 bridgehead atoms. The fraction of sp³-hybridized carbons (Fsp3) is 0.143. The molecule has 1 aliphatic heterocycles. The number of benzene rings is 3. The van der Waals surface area contributed by atoms with Crippen LogP contribution in [0.3, 0.4) is 0 Å². The summed E-state index contributed by atoms with van der Waals surface area (Å²) < 4.78 is 15.4. The van der Waals surface area contributed by atoms with Gasteiger partial charge in [-0.1, -0.05) is 0 Å². The SMILES string of the molecule is CCOC(=O)c1ccc(NC(=O)/C=C2\SC(=Nc3ccc(OC)cc3)N(c3ccc(OC)cc3)C2=O)cc1.[Br-]. The lowest BCUT2D eigenvalue weighted by Crippen LogP contribution is -3.00. The predicted molar refractivity (Wildman–Crippen MR) is 147 cm³/mol. The lowest BCUT2D eigenvalue weighted by Gasteiger charge is -2.16. The van der Waals surface area contributed by atoms with Crippen LogP contribution in [0.15, 0.2) is 88.8 Å². The van der Waals surface area contributed by atoms with Crippen LogP contribution in [0.1, 0.15) is 17.3 Å². The van der Waals surface area contributed by atoms with Crippen molar-refractivity contribution in [3.63, 3.8) is 0 Å². The van der Waals surface area contributed by atoms with Gasteiger partial charge in [0.15, 0.2) is 5.17 Å². The van der Waals surface area contributed by atoms with Crippen LogP contribution in [0, 0.1) is 0 Å². The molecule has 3 aromatic carbocycles. The third kappa shape index (κ3) is 7.27. The van der Waals surface area contributed by atoms with Gasteiger partial charge in [0.1, 0.15) is 11.5 Å². The molecular formula is C28H25BrN3O6S-. The summed E-state index contributed by atoms with van der Waals surface area (Å²) in [5, 5.41) is 3.10. The molecule has 39 heavy (non-hydrogen) atoms. The molecular weight excluding hydrogens is 586 g/mol. The number of ether oxygens (including phenoxy) is 3. The summed E-state index contributed by atoms with van der Waals surface area (Å²) in [6.45, 7) is 2.00. The van der Waals surface area contributed by atoms with E-state index in [0.717, 1.165) is 11.8 Å². The Balaban J connectivity index is 0.00000420. The van der Waals surface area contributed by atoms with Crippen LogP contribution >= 0.6 is 11.8 Å². The number of rotatable bonds is 8. The number of aliphatic imine (C=N–C) groups is 1. The van der Waals surface area contributed by atoms with Gasteiger partial charge in [-0.05, 0) is 91.5 Å². The molecule has 0 atom stereocenters. The zero-order valence-corrected chi connectivity index (χ0v) is 23.7. The minimum Gasteiger partial charge on any atom is -1.00 e. The third-order valence-corrected chi connectivity index (χ3v) is 6.33. The monoisotopic (exact) mass is 610 g/mol. The molecule has 0 spiro atoms. The number of hydrogen-bond acceptors (Lipinski definition) is 8. The Bertz CT molecular complexity index is 1390. The predicted octanol–water partition coefficient (Wildman–Crippen LogP) is 2.17. The molecule has 0 saturated carbocycles. The highest BCUT2D eigenvalue weighted by Gasteiger charge is 2.35. The molecule has 2 amide bonds. The number of halogens is 1. The fourth-order valence-corrected chi connectivity index (χ4v) is 4.45. The van der Waals surface area contributed by atoms with Gasteiger partial charge in [-0.2, -0.15) is 0 Å². The molecule has 202 valence electrons. The van der Waals surface area contributed by atoms with Crippen molar-refractivity contribution in [3.05, 3.63) is 89.3 Å². The number of nitrogens with one attached hydrogen (secondary N) is 1. The molecule has 0 radical (unpaired) electrons. The second-order valence-corrected chi connectivity index (χ2v) is 8.84. The maximum absolute atomic E-state index is 13.4. The number of anilines is 2. The molecule has 4 rings (SSSR count). The van der Waals surface area contributed by atoms with E-state index in [0.29, 0.717) is 39.3 Å². The lowest BCUT2D eigenvalue weighted by molar-refractivity contribution is -0.115. The minimum atomic E-state index is -0.495. The highest BCUT2D eigenvalue weighted by molar-refractivity contribution is 8.19. The van der Waals surface area contributed by atoms with E-state index in [1.165, 1.54) is 11.0 Å². The van der Waals surface area contributed by atoms with E-state index < -0.39 is 11.9 Å². The van der Waals surface area contributed by atoms with Crippen LogP contribution in [0.25, 0.3) is 0 Å². The van der Waals surface area contributed by atoms with Gasteiger partial charge in [-0.15, -0.1) is 0 Å². The second-order valence-electron chi connectivity index (χ2n) is 7.83. The molecule has 11 heteroatoms. The quantitative estimate of drug-likeness (QED) is 0.308. The van der Waals surface area contributed by atoms with E-state index in [2.05, 4.69) is 10.3 Å². The van der Waals surface area contributed by atoms with Crippen LogP contribution in [0.4, 0.5) is 17.1 Å². The highest BCUT2D eigenvalue weighted by atomic mass is 79.9. The zero-order chi connectivity index (χ0) is 27.1. The van der Waals surface area contributed by atoms with E-state index in [9.17, 15) is 14.4 Å².